The van der Waals surface area contributed by atoms with E-state index in [9.17, 15) is 9.59 Å². The van der Waals surface area contributed by atoms with Crippen molar-refractivity contribution < 1.29 is 19.4 Å². The zero-order chi connectivity index (χ0) is 11.0. The molecule has 1 amide bonds. The minimum atomic E-state index is -1.07. The fraction of sp³-hybridized carbons (Fsp3) is 0.333. The van der Waals surface area contributed by atoms with Crippen LogP contribution in [0, 0.1) is 0 Å². The van der Waals surface area contributed by atoms with Crippen LogP contribution >= 0.6 is 0 Å². The summed E-state index contributed by atoms with van der Waals surface area (Å²) < 4.78 is 5.25. The first kappa shape index (κ1) is 9.57. The molecule has 1 aromatic rings. The molecule has 0 atom stereocenters. The van der Waals surface area contributed by atoms with Gasteiger partial charge in [0.05, 0.1) is 6.54 Å². The van der Waals surface area contributed by atoms with Crippen molar-refractivity contribution in [3.63, 3.8) is 0 Å². The minimum Gasteiger partial charge on any atom is -0.488 e. The van der Waals surface area contributed by atoms with Crippen LogP contribution in [-0.4, -0.2) is 35.1 Å². The fourth-order valence-electron chi connectivity index (χ4n) is 1.52. The molecule has 0 aliphatic carbocycles. The van der Waals surface area contributed by atoms with Crippen LogP contribution in [-0.2, 0) is 4.79 Å². The Bertz CT molecular complexity index is 424. The number of fused-ring (bicyclic) bond motifs is 1. The molecule has 80 valence electrons. The second kappa shape index (κ2) is 3.30. The topological polar surface area (TPSA) is 82.6 Å². The second-order valence-electron chi connectivity index (χ2n) is 3.22. The lowest BCUT2D eigenvalue weighted by Gasteiger charge is -2.25. The summed E-state index contributed by atoms with van der Waals surface area (Å²) in [5, 5.41) is 8.77. The molecule has 2 N–H and O–H groups in total. The summed E-state index contributed by atoms with van der Waals surface area (Å²) in [5.74, 6) is -0.380. The highest BCUT2D eigenvalue weighted by atomic mass is 16.5. The summed E-state index contributed by atoms with van der Waals surface area (Å²) in [6.07, 6.45) is 0. The number of hydrogen-bond acceptors (Lipinski definition) is 3. The third-order valence-electron chi connectivity index (χ3n) is 2.21. The Kier molecular flexibility index (Phi) is 2.11. The molecule has 0 aromatic carbocycles. The fourth-order valence-corrected chi connectivity index (χ4v) is 1.52. The van der Waals surface area contributed by atoms with Gasteiger partial charge in [-0.2, -0.15) is 0 Å². The van der Waals surface area contributed by atoms with Crippen molar-refractivity contribution in [3.8, 4) is 5.75 Å². The van der Waals surface area contributed by atoms with Gasteiger partial charge in [-0.15, -0.1) is 0 Å². The number of carbonyl (C=O) groups is 2. The van der Waals surface area contributed by atoms with Crippen molar-refractivity contribution in [2.45, 2.75) is 6.92 Å². The van der Waals surface area contributed by atoms with E-state index in [2.05, 4.69) is 4.98 Å². The molecule has 1 aromatic heterocycles. The molecule has 1 aliphatic rings. The smallest absolute Gasteiger partial charge is 0.352 e. The summed E-state index contributed by atoms with van der Waals surface area (Å²) in [4.78, 5) is 26.1. The Hall–Kier alpha value is -1.98. The number of nitrogens with one attached hydrogen (secondary N) is 1. The lowest BCUT2D eigenvalue weighted by atomic mass is 10.3. The lowest BCUT2D eigenvalue weighted by molar-refractivity contribution is -0.116. The predicted molar refractivity (Wildman–Crippen MR) is 51.3 cm³/mol. The van der Waals surface area contributed by atoms with Gasteiger partial charge in [-0.3, -0.25) is 9.69 Å². The van der Waals surface area contributed by atoms with Crippen LogP contribution in [0.4, 0.5) is 5.82 Å². The van der Waals surface area contributed by atoms with Gasteiger partial charge in [0.2, 0.25) is 5.91 Å². The Balaban J connectivity index is 2.43. The van der Waals surface area contributed by atoms with E-state index in [1.165, 1.54) is 17.9 Å². The number of nitrogens with zero attached hydrogens (tertiary/aromatic N) is 1. The molecule has 6 heteroatoms. The molecule has 0 fully saturated rings. The van der Waals surface area contributed by atoms with Gasteiger partial charge in [-0.25, -0.2) is 4.79 Å². The van der Waals surface area contributed by atoms with Crippen LogP contribution in [0.2, 0.25) is 0 Å². The van der Waals surface area contributed by atoms with Crippen molar-refractivity contribution >= 4 is 17.7 Å². The maximum Gasteiger partial charge on any atom is 0.352 e. The number of aromatic nitrogens is 1. The zero-order valence-electron chi connectivity index (χ0n) is 8.11. The van der Waals surface area contributed by atoms with Crippen LogP contribution in [0.15, 0.2) is 6.07 Å². The van der Waals surface area contributed by atoms with Gasteiger partial charge in [0.15, 0.2) is 11.6 Å². The highest BCUT2D eigenvalue weighted by Crippen LogP contribution is 2.31. The van der Waals surface area contributed by atoms with E-state index >= 15 is 0 Å². The standard InChI is InChI=1S/C9H10N2O4/c1-5(12)11-2-3-15-7-4-6(9(13)14)10-8(7)11/h4,10H,2-3H2,1H3,(H,13,14). The van der Waals surface area contributed by atoms with Crippen LogP contribution in [0.5, 0.6) is 5.75 Å². The monoisotopic (exact) mass is 210 g/mol. The third-order valence-corrected chi connectivity index (χ3v) is 2.21. The average molecular weight is 210 g/mol. The third kappa shape index (κ3) is 1.54. The molecule has 2 rings (SSSR count). The molecule has 15 heavy (non-hydrogen) atoms. The number of hydrogen-bond donors (Lipinski definition) is 2. The van der Waals surface area contributed by atoms with E-state index in [1.54, 1.807) is 0 Å². The number of carboxylic acids is 1. The molecule has 0 bridgehead atoms. The van der Waals surface area contributed by atoms with Crippen LogP contribution in [0.1, 0.15) is 17.4 Å². The van der Waals surface area contributed by atoms with Gasteiger partial charge in [0.25, 0.3) is 0 Å². The van der Waals surface area contributed by atoms with Crippen LogP contribution in [0.25, 0.3) is 0 Å². The Morgan fingerprint density at radius 1 is 1.60 bits per heavy atom. The molecule has 2 heterocycles. The molecular weight excluding hydrogens is 200 g/mol. The summed E-state index contributed by atoms with van der Waals surface area (Å²) >= 11 is 0. The van der Waals surface area contributed by atoms with Gasteiger partial charge in [-0.1, -0.05) is 0 Å². The first-order valence-electron chi connectivity index (χ1n) is 4.47. The summed E-state index contributed by atoms with van der Waals surface area (Å²) in [5.41, 5.74) is 0.0214. The maximum absolute atomic E-state index is 11.2. The minimum absolute atomic E-state index is 0.0214. The molecule has 0 spiro atoms. The van der Waals surface area contributed by atoms with E-state index in [-0.39, 0.29) is 11.6 Å². The maximum atomic E-state index is 11.2. The quantitative estimate of drug-likeness (QED) is 0.705. The summed E-state index contributed by atoms with van der Waals surface area (Å²) in [6.45, 7) is 2.24. The van der Waals surface area contributed by atoms with Gasteiger partial charge >= 0.3 is 5.97 Å². The Labute approximate surface area is 85.5 Å². The lowest BCUT2D eigenvalue weighted by Crippen LogP contribution is -2.36. The molecule has 6 nitrogen and oxygen atoms in total. The number of H-pyrrole nitrogens is 1. The number of aromatic amines is 1. The number of anilines is 1. The molecule has 0 unspecified atom stereocenters. The second-order valence-corrected chi connectivity index (χ2v) is 3.22. The van der Waals surface area contributed by atoms with Crippen molar-refractivity contribution in [2.75, 3.05) is 18.1 Å². The number of aromatic carboxylic acids is 1. The van der Waals surface area contributed by atoms with Gasteiger partial charge in [-0.05, 0) is 0 Å². The van der Waals surface area contributed by atoms with Crippen LogP contribution < -0.4 is 9.64 Å². The zero-order valence-corrected chi connectivity index (χ0v) is 8.11. The molecule has 0 saturated carbocycles. The molecule has 0 radical (unpaired) electrons. The van der Waals surface area contributed by atoms with Crippen LogP contribution in [0.3, 0.4) is 0 Å². The van der Waals surface area contributed by atoms with Gasteiger partial charge in [0, 0.05) is 13.0 Å². The van der Waals surface area contributed by atoms with E-state index in [0.717, 1.165) is 0 Å². The Morgan fingerprint density at radius 2 is 2.33 bits per heavy atom. The van der Waals surface area contributed by atoms with Crippen molar-refractivity contribution in [1.82, 2.24) is 4.98 Å². The normalized spacial score (nSPS) is 14.3. The first-order chi connectivity index (χ1) is 7.09. The largest absolute Gasteiger partial charge is 0.488 e. The van der Waals surface area contributed by atoms with E-state index in [0.29, 0.717) is 24.7 Å². The number of ether oxygens (including phenoxy) is 1. The van der Waals surface area contributed by atoms with Crippen molar-refractivity contribution in [3.05, 3.63) is 11.8 Å². The average Bonchev–Trinajstić information content (AvgIpc) is 2.60. The van der Waals surface area contributed by atoms with E-state index < -0.39 is 5.97 Å². The van der Waals surface area contributed by atoms with Gasteiger partial charge < -0.3 is 14.8 Å². The highest BCUT2D eigenvalue weighted by Gasteiger charge is 2.25. The molecular formula is C9H10N2O4. The summed E-state index contributed by atoms with van der Waals surface area (Å²) in [6, 6.07) is 1.38. The summed E-state index contributed by atoms with van der Waals surface area (Å²) in [7, 11) is 0. The number of carbonyl (C=O) groups excluding carboxylic acids is 1. The van der Waals surface area contributed by atoms with E-state index in [4.69, 9.17) is 9.84 Å². The van der Waals surface area contributed by atoms with Crippen molar-refractivity contribution in [2.24, 2.45) is 0 Å². The number of rotatable bonds is 1. The Morgan fingerprint density at radius 3 is 2.93 bits per heavy atom. The molecule has 0 saturated heterocycles. The van der Waals surface area contributed by atoms with Gasteiger partial charge in [0.1, 0.15) is 12.3 Å². The first-order valence-corrected chi connectivity index (χ1v) is 4.47. The van der Waals surface area contributed by atoms with Crippen molar-refractivity contribution in [1.29, 1.82) is 0 Å². The van der Waals surface area contributed by atoms with E-state index in [1.807, 2.05) is 0 Å². The highest BCUT2D eigenvalue weighted by molar-refractivity contribution is 5.95. The molecule has 1 aliphatic heterocycles. The predicted octanol–water partition coefficient (Wildman–Crippen LogP) is 0.458. The number of amides is 1. The number of carboxylic acid groups (broad SMARTS) is 1. The SMILES string of the molecule is CC(=O)N1CCOc2cc(C(=O)O)[nH]c21.